The van der Waals surface area contributed by atoms with E-state index in [1.54, 1.807) is 36.4 Å². The van der Waals surface area contributed by atoms with Crippen LogP contribution in [0.2, 0.25) is 0 Å². The fraction of sp³-hybridized carbons (Fsp3) is 0.0909. The van der Waals surface area contributed by atoms with Gasteiger partial charge in [-0.25, -0.2) is 0 Å². The van der Waals surface area contributed by atoms with Crippen LogP contribution in [0.25, 0.3) is 6.08 Å². The molecule has 0 heterocycles. The minimum atomic E-state index is -0.418. The molecule has 1 amide bonds. The summed E-state index contributed by atoms with van der Waals surface area (Å²) in [4.78, 5) is 12.0. The van der Waals surface area contributed by atoms with Gasteiger partial charge in [0.25, 0.3) is 5.91 Å². The molecule has 2 aromatic rings. The van der Waals surface area contributed by atoms with Crippen molar-refractivity contribution in [2.45, 2.75) is 6.54 Å². The van der Waals surface area contributed by atoms with Crippen LogP contribution in [-0.2, 0) is 11.3 Å². The van der Waals surface area contributed by atoms with Crippen molar-refractivity contribution in [2.24, 2.45) is 0 Å². The summed E-state index contributed by atoms with van der Waals surface area (Å²) in [6, 6.07) is 16.4. The Labute approximate surface area is 158 Å². The maximum absolute atomic E-state index is 12.0. The quantitative estimate of drug-likeness (QED) is 0.448. The molecule has 0 radical (unpaired) electrons. The van der Waals surface area contributed by atoms with Crippen molar-refractivity contribution in [3.8, 4) is 17.6 Å². The van der Waals surface area contributed by atoms with Crippen molar-refractivity contribution < 1.29 is 14.6 Å². The van der Waals surface area contributed by atoms with Crippen LogP contribution in [0, 0.1) is 11.3 Å². The molecule has 0 saturated heterocycles. The number of carbonyl (C=O) groups excluding carboxylic acids is 1. The van der Waals surface area contributed by atoms with Gasteiger partial charge < -0.3 is 15.2 Å². The Morgan fingerprint density at radius 1 is 1.19 bits per heavy atom. The van der Waals surface area contributed by atoms with E-state index in [1.807, 2.05) is 42.5 Å². The number of aromatic hydroxyl groups is 1. The molecule has 0 aliphatic rings. The van der Waals surface area contributed by atoms with Crippen molar-refractivity contribution in [3.63, 3.8) is 0 Å². The molecule has 0 unspecified atom stereocenters. The van der Waals surface area contributed by atoms with Crippen molar-refractivity contribution >= 4 is 12.0 Å². The Morgan fingerprint density at radius 2 is 1.96 bits per heavy atom. The number of methoxy groups -OCH3 is 1. The summed E-state index contributed by atoms with van der Waals surface area (Å²) >= 11 is 0. The molecule has 2 N–H and O–H groups in total. The summed E-state index contributed by atoms with van der Waals surface area (Å²) in [6.45, 7) is 0.366. The average Bonchev–Trinajstić information content (AvgIpc) is 2.70. The van der Waals surface area contributed by atoms with Gasteiger partial charge in [-0.1, -0.05) is 60.7 Å². The Balaban J connectivity index is 1.93. The number of nitrogens with one attached hydrogen (secondary N) is 1. The van der Waals surface area contributed by atoms with Gasteiger partial charge >= 0.3 is 0 Å². The lowest BCUT2D eigenvalue weighted by Crippen LogP contribution is -2.23. The van der Waals surface area contributed by atoms with E-state index in [1.165, 1.54) is 13.2 Å². The molecule has 27 heavy (non-hydrogen) atoms. The summed E-state index contributed by atoms with van der Waals surface area (Å²) < 4.78 is 5.05. The van der Waals surface area contributed by atoms with Gasteiger partial charge in [-0.3, -0.25) is 4.79 Å². The van der Waals surface area contributed by atoms with Gasteiger partial charge in [0.2, 0.25) is 0 Å². The topological polar surface area (TPSA) is 82.3 Å². The number of nitrogens with zero attached hydrogens (tertiary/aromatic N) is 1. The monoisotopic (exact) mass is 360 g/mol. The first-order chi connectivity index (χ1) is 13.1. The zero-order chi connectivity index (χ0) is 19.5. The number of phenols is 1. The molecule has 5 nitrogen and oxygen atoms in total. The summed E-state index contributed by atoms with van der Waals surface area (Å²) in [5.41, 5.74) is 1.84. The molecule has 0 aliphatic carbocycles. The Bertz CT molecular complexity index is 907. The highest BCUT2D eigenvalue weighted by Gasteiger charge is 2.06. The molecular formula is C22H20N2O3. The van der Waals surface area contributed by atoms with E-state index in [0.717, 1.165) is 11.1 Å². The summed E-state index contributed by atoms with van der Waals surface area (Å²) in [5, 5.41) is 21.4. The number of phenolic OH excluding ortho intramolecular Hbond substituents is 1. The SMILES string of the molecule is COc1cc(C=CC=CC=C(C#N)C(=O)NCc2ccccc2)ccc1O. The average molecular weight is 360 g/mol. The van der Waals surface area contributed by atoms with Gasteiger partial charge in [0.1, 0.15) is 11.6 Å². The zero-order valence-electron chi connectivity index (χ0n) is 14.9. The van der Waals surface area contributed by atoms with Crippen LogP contribution in [0.4, 0.5) is 0 Å². The normalized spacial score (nSPS) is 11.5. The predicted octanol–water partition coefficient (Wildman–Crippen LogP) is 3.74. The van der Waals surface area contributed by atoms with Gasteiger partial charge in [-0.05, 0) is 29.3 Å². The van der Waals surface area contributed by atoms with E-state index in [4.69, 9.17) is 10.00 Å². The predicted molar refractivity (Wildman–Crippen MR) is 105 cm³/mol. The van der Waals surface area contributed by atoms with Gasteiger partial charge in [0.15, 0.2) is 11.5 Å². The second-order valence-corrected chi connectivity index (χ2v) is 5.54. The maximum atomic E-state index is 12.0. The fourth-order valence-corrected chi connectivity index (χ4v) is 2.22. The number of hydrogen-bond donors (Lipinski definition) is 2. The molecular weight excluding hydrogens is 340 g/mol. The van der Waals surface area contributed by atoms with Crippen LogP contribution in [-0.4, -0.2) is 18.1 Å². The van der Waals surface area contributed by atoms with Gasteiger partial charge in [-0.15, -0.1) is 0 Å². The Hall–Kier alpha value is -3.78. The first-order valence-electron chi connectivity index (χ1n) is 8.28. The van der Waals surface area contributed by atoms with Crippen LogP contribution in [0.15, 0.2) is 78.4 Å². The molecule has 0 atom stereocenters. The number of benzene rings is 2. The minimum Gasteiger partial charge on any atom is -0.504 e. The molecule has 0 bridgehead atoms. The lowest BCUT2D eigenvalue weighted by atomic mass is 10.2. The second-order valence-electron chi connectivity index (χ2n) is 5.54. The standard InChI is InChI=1S/C22H20N2O3/c1-27-21-14-17(12-13-20(21)25)8-4-3-7-11-19(15-23)22(26)24-16-18-9-5-2-6-10-18/h2-14,25H,16H2,1H3,(H,24,26). The highest BCUT2D eigenvalue weighted by molar-refractivity contribution is 5.97. The van der Waals surface area contributed by atoms with Crippen LogP contribution in [0.5, 0.6) is 11.5 Å². The van der Waals surface area contributed by atoms with Crippen molar-refractivity contribution in [1.82, 2.24) is 5.32 Å². The lowest BCUT2D eigenvalue weighted by molar-refractivity contribution is -0.117. The molecule has 136 valence electrons. The Morgan fingerprint density at radius 3 is 2.67 bits per heavy atom. The first-order valence-corrected chi connectivity index (χ1v) is 8.28. The number of allylic oxidation sites excluding steroid dienone is 4. The van der Waals surface area contributed by atoms with E-state index in [-0.39, 0.29) is 11.3 Å². The first kappa shape index (κ1) is 19.5. The summed E-state index contributed by atoms with van der Waals surface area (Å²) in [5.74, 6) is 0.0504. The highest BCUT2D eigenvalue weighted by Crippen LogP contribution is 2.26. The van der Waals surface area contributed by atoms with Crippen LogP contribution < -0.4 is 10.1 Å². The zero-order valence-corrected chi connectivity index (χ0v) is 14.9. The largest absolute Gasteiger partial charge is 0.504 e. The van der Waals surface area contributed by atoms with E-state index < -0.39 is 5.91 Å². The number of rotatable bonds is 7. The molecule has 0 spiro atoms. The number of nitriles is 1. The van der Waals surface area contributed by atoms with E-state index in [0.29, 0.717) is 12.3 Å². The highest BCUT2D eigenvalue weighted by atomic mass is 16.5. The molecule has 2 rings (SSSR count). The van der Waals surface area contributed by atoms with Gasteiger partial charge in [0, 0.05) is 6.54 Å². The third kappa shape index (κ3) is 6.22. The van der Waals surface area contributed by atoms with Crippen molar-refractivity contribution in [2.75, 3.05) is 7.11 Å². The number of ether oxygens (including phenoxy) is 1. The van der Waals surface area contributed by atoms with Crippen LogP contribution in [0.1, 0.15) is 11.1 Å². The smallest absolute Gasteiger partial charge is 0.262 e. The van der Waals surface area contributed by atoms with E-state index in [9.17, 15) is 9.90 Å². The maximum Gasteiger partial charge on any atom is 0.262 e. The van der Waals surface area contributed by atoms with Crippen molar-refractivity contribution in [1.29, 1.82) is 5.26 Å². The minimum absolute atomic E-state index is 0.0295. The third-order valence-corrected chi connectivity index (χ3v) is 3.64. The summed E-state index contributed by atoms with van der Waals surface area (Å²) in [7, 11) is 1.49. The van der Waals surface area contributed by atoms with Gasteiger partial charge in [-0.2, -0.15) is 5.26 Å². The lowest BCUT2D eigenvalue weighted by Gasteiger charge is -2.03. The number of carbonyl (C=O) groups is 1. The van der Waals surface area contributed by atoms with Crippen LogP contribution in [0.3, 0.4) is 0 Å². The van der Waals surface area contributed by atoms with E-state index in [2.05, 4.69) is 5.32 Å². The number of amides is 1. The molecule has 0 aromatic heterocycles. The van der Waals surface area contributed by atoms with E-state index >= 15 is 0 Å². The fourth-order valence-electron chi connectivity index (χ4n) is 2.22. The van der Waals surface area contributed by atoms with Crippen molar-refractivity contribution in [3.05, 3.63) is 89.5 Å². The molecule has 2 aromatic carbocycles. The Kier molecular flexibility index (Phi) is 7.43. The van der Waals surface area contributed by atoms with Crippen LogP contribution >= 0.6 is 0 Å². The summed E-state index contributed by atoms with van der Waals surface area (Å²) in [6.07, 6.45) is 8.37. The third-order valence-electron chi connectivity index (χ3n) is 3.64. The molecule has 0 aliphatic heterocycles. The molecule has 0 fully saturated rings. The van der Waals surface area contributed by atoms with Gasteiger partial charge in [0.05, 0.1) is 7.11 Å². The molecule has 0 saturated carbocycles. The molecule has 5 heteroatoms. The number of hydrogen-bond acceptors (Lipinski definition) is 4. The second kappa shape index (κ2) is 10.3.